The molecule has 0 saturated carbocycles. The van der Waals surface area contributed by atoms with Gasteiger partial charge < -0.3 is 11.5 Å². The zero-order chi connectivity index (χ0) is 9.35. The van der Waals surface area contributed by atoms with Gasteiger partial charge in [-0.2, -0.15) is 0 Å². The molecule has 0 heterocycles. The van der Waals surface area contributed by atoms with E-state index in [-0.39, 0.29) is 6.42 Å². The van der Waals surface area contributed by atoms with Crippen LogP contribution in [0.5, 0.6) is 0 Å². The van der Waals surface area contributed by atoms with E-state index in [1.54, 1.807) is 0 Å². The van der Waals surface area contributed by atoms with Gasteiger partial charge in [0.15, 0.2) is 0 Å². The van der Waals surface area contributed by atoms with Crippen LogP contribution in [0.25, 0.3) is 0 Å². The molecule has 1 atom stereocenters. The molecular weight excluding hydrogens is 178 g/mol. The molecule has 0 bridgehead atoms. The Morgan fingerprint density at radius 3 is 2.42 bits per heavy atom. The molecule has 0 aromatic carbocycles. The van der Waals surface area contributed by atoms with E-state index in [2.05, 4.69) is 0 Å². The van der Waals surface area contributed by atoms with Crippen LogP contribution in [0, 0.1) is 0 Å². The molecule has 0 aliphatic heterocycles. The quantitative estimate of drug-likeness (QED) is 0.477. The van der Waals surface area contributed by atoms with Crippen LogP contribution in [0.3, 0.4) is 0 Å². The van der Waals surface area contributed by atoms with Gasteiger partial charge in [-0.25, -0.2) is 13.6 Å². The van der Waals surface area contributed by atoms with Crippen LogP contribution < -0.4 is 16.6 Å². The zero-order valence-electron chi connectivity index (χ0n) is 6.40. The first-order valence-electron chi connectivity index (χ1n) is 3.35. The summed E-state index contributed by atoms with van der Waals surface area (Å²) < 4.78 is 21.7. The fraction of sp³-hybridized carbons (Fsp3) is 0.333. The van der Waals surface area contributed by atoms with E-state index in [0.29, 0.717) is 11.4 Å². The first-order chi connectivity index (χ1) is 5.41. The molecule has 1 rings (SSSR count). The number of nitrogens with two attached hydrogens (primary N) is 3. The highest BCUT2D eigenvalue weighted by atomic mass is 32.2. The van der Waals surface area contributed by atoms with Gasteiger partial charge in [-0.1, -0.05) is 6.08 Å². The van der Waals surface area contributed by atoms with Gasteiger partial charge >= 0.3 is 0 Å². The predicted molar refractivity (Wildman–Crippen MR) is 46.1 cm³/mol. The minimum absolute atomic E-state index is 0.182. The van der Waals surface area contributed by atoms with Crippen molar-refractivity contribution in [1.82, 2.24) is 0 Å². The summed E-state index contributed by atoms with van der Waals surface area (Å²) in [5.74, 6) is 0. The highest BCUT2D eigenvalue weighted by molar-refractivity contribution is 7.89. The number of primary sulfonamides is 1. The Morgan fingerprint density at radius 2 is 2.00 bits per heavy atom. The monoisotopic (exact) mass is 189 g/mol. The maximum atomic E-state index is 10.8. The van der Waals surface area contributed by atoms with Crippen LogP contribution in [0.2, 0.25) is 0 Å². The summed E-state index contributed by atoms with van der Waals surface area (Å²) in [4.78, 5) is 0. The first-order valence-corrected chi connectivity index (χ1v) is 4.96. The minimum Gasteiger partial charge on any atom is -0.400 e. The van der Waals surface area contributed by atoms with Gasteiger partial charge in [0.05, 0.1) is 10.9 Å². The molecule has 0 aromatic heterocycles. The number of allylic oxidation sites excluding steroid dienone is 2. The molecule has 0 fully saturated rings. The van der Waals surface area contributed by atoms with Gasteiger partial charge in [0.25, 0.3) is 0 Å². The Balaban J connectivity index is 2.90. The van der Waals surface area contributed by atoms with Crippen molar-refractivity contribution >= 4 is 10.0 Å². The van der Waals surface area contributed by atoms with Gasteiger partial charge in [0.2, 0.25) is 10.0 Å². The molecular formula is C6H11N3O2S. The Bertz CT molecular complexity index is 342. The summed E-state index contributed by atoms with van der Waals surface area (Å²) in [6.45, 7) is 0. The van der Waals surface area contributed by atoms with Crippen molar-refractivity contribution in [2.24, 2.45) is 16.6 Å². The number of hydrogen-bond acceptors (Lipinski definition) is 4. The van der Waals surface area contributed by atoms with Crippen LogP contribution >= 0.6 is 0 Å². The molecule has 6 N–H and O–H groups in total. The van der Waals surface area contributed by atoms with Gasteiger partial charge in [0.1, 0.15) is 0 Å². The lowest BCUT2D eigenvalue weighted by Crippen LogP contribution is -2.31. The normalized spacial score (nSPS) is 24.6. The number of sulfonamides is 1. The molecule has 0 amide bonds. The third kappa shape index (κ3) is 1.77. The van der Waals surface area contributed by atoms with Crippen molar-refractivity contribution in [3.63, 3.8) is 0 Å². The van der Waals surface area contributed by atoms with Gasteiger partial charge in [-0.15, -0.1) is 0 Å². The summed E-state index contributed by atoms with van der Waals surface area (Å²) in [6.07, 6.45) is 3.09. The lowest BCUT2D eigenvalue weighted by molar-refractivity contribution is 0.588. The van der Waals surface area contributed by atoms with Crippen LogP contribution in [-0.2, 0) is 10.0 Å². The molecule has 0 saturated heterocycles. The smallest absolute Gasteiger partial charge is 0.215 e. The fourth-order valence-corrected chi connectivity index (χ4v) is 1.66. The molecule has 6 heteroatoms. The largest absolute Gasteiger partial charge is 0.400 e. The van der Waals surface area contributed by atoms with Crippen LogP contribution in [-0.4, -0.2) is 13.7 Å². The molecule has 0 spiro atoms. The summed E-state index contributed by atoms with van der Waals surface area (Å²) in [5.41, 5.74) is 11.6. The van der Waals surface area contributed by atoms with E-state index in [9.17, 15) is 8.42 Å². The predicted octanol–water partition coefficient (Wildman–Crippen LogP) is -1.27. The maximum absolute atomic E-state index is 10.8. The summed E-state index contributed by atoms with van der Waals surface area (Å²) in [5, 5.41) is 4.19. The minimum atomic E-state index is -3.54. The van der Waals surface area contributed by atoms with Gasteiger partial charge in [-0.05, 0) is 6.08 Å². The standard InChI is InChI=1S/C6H11N3O2S/c7-5-2-1-4(3-6(5)8)12(9,10)11/h1-2,4H,3,7-8H2,(H2,9,10,11). The second-order valence-corrected chi connectivity index (χ2v) is 4.45. The second-order valence-electron chi connectivity index (χ2n) is 2.67. The zero-order valence-corrected chi connectivity index (χ0v) is 7.21. The highest BCUT2D eigenvalue weighted by Gasteiger charge is 2.22. The third-order valence-corrected chi connectivity index (χ3v) is 2.87. The lowest BCUT2D eigenvalue weighted by Gasteiger charge is -2.15. The lowest BCUT2D eigenvalue weighted by atomic mass is 10.1. The number of rotatable bonds is 1. The maximum Gasteiger partial charge on any atom is 0.215 e. The molecule has 1 unspecified atom stereocenters. The van der Waals surface area contributed by atoms with Crippen molar-refractivity contribution in [2.75, 3.05) is 0 Å². The Kier molecular flexibility index (Phi) is 2.12. The molecule has 0 radical (unpaired) electrons. The Labute approximate surface area is 71.0 Å². The molecule has 0 aromatic rings. The average molecular weight is 189 g/mol. The van der Waals surface area contributed by atoms with E-state index in [0.717, 1.165) is 0 Å². The van der Waals surface area contributed by atoms with E-state index in [1.165, 1.54) is 12.2 Å². The topological polar surface area (TPSA) is 112 Å². The van der Waals surface area contributed by atoms with Crippen molar-refractivity contribution in [3.8, 4) is 0 Å². The van der Waals surface area contributed by atoms with Crippen LogP contribution in [0.1, 0.15) is 6.42 Å². The van der Waals surface area contributed by atoms with Crippen molar-refractivity contribution in [2.45, 2.75) is 11.7 Å². The number of hydrogen-bond donors (Lipinski definition) is 3. The van der Waals surface area contributed by atoms with E-state index in [1.807, 2.05) is 0 Å². The Morgan fingerprint density at radius 1 is 1.42 bits per heavy atom. The average Bonchev–Trinajstić information content (AvgIpc) is 1.92. The van der Waals surface area contributed by atoms with Crippen molar-refractivity contribution < 1.29 is 8.42 Å². The summed E-state index contributed by atoms with van der Waals surface area (Å²) >= 11 is 0. The Hall–Kier alpha value is -1.01. The molecule has 1 aliphatic carbocycles. The summed E-state index contributed by atoms with van der Waals surface area (Å²) in [6, 6.07) is 0. The van der Waals surface area contributed by atoms with E-state index in [4.69, 9.17) is 16.6 Å². The van der Waals surface area contributed by atoms with Gasteiger partial charge in [-0.3, -0.25) is 0 Å². The summed E-state index contributed by atoms with van der Waals surface area (Å²) in [7, 11) is -3.54. The molecule has 68 valence electrons. The first kappa shape index (κ1) is 9.08. The van der Waals surface area contributed by atoms with Crippen LogP contribution in [0.15, 0.2) is 23.5 Å². The fourth-order valence-electron chi connectivity index (χ4n) is 0.946. The van der Waals surface area contributed by atoms with E-state index < -0.39 is 15.3 Å². The molecule has 5 nitrogen and oxygen atoms in total. The molecule has 1 aliphatic rings. The molecule has 12 heavy (non-hydrogen) atoms. The third-order valence-electron chi connectivity index (χ3n) is 1.70. The van der Waals surface area contributed by atoms with Gasteiger partial charge in [0, 0.05) is 12.1 Å². The second kappa shape index (κ2) is 2.80. The SMILES string of the molecule is NC1=C(N)CC(S(N)(=O)=O)C=C1. The van der Waals surface area contributed by atoms with E-state index >= 15 is 0 Å². The van der Waals surface area contributed by atoms with Crippen molar-refractivity contribution in [1.29, 1.82) is 0 Å². The van der Waals surface area contributed by atoms with Crippen LogP contribution in [0.4, 0.5) is 0 Å². The van der Waals surface area contributed by atoms with Crippen molar-refractivity contribution in [3.05, 3.63) is 23.5 Å². The highest BCUT2D eigenvalue weighted by Crippen LogP contribution is 2.15.